The normalized spacial score (nSPS) is 10.1. The molecular weight excluding hydrogens is 270 g/mol. The first-order chi connectivity index (χ1) is 9.99. The molecule has 0 fully saturated rings. The van der Waals surface area contributed by atoms with E-state index in [-0.39, 0.29) is 11.3 Å². The number of amides is 1. The number of hydrogen-bond donors (Lipinski definition) is 1. The summed E-state index contributed by atoms with van der Waals surface area (Å²) in [7, 11) is 1.85. The van der Waals surface area contributed by atoms with E-state index in [9.17, 15) is 14.9 Å². The molecule has 0 atom stereocenters. The Morgan fingerprint density at radius 2 is 1.90 bits per heavy atom. The Labute approximate surface area is 121 Å². The molecule has 1 amide bonds. The second-order valence-electron chi connectivity index (χ2n) is 4.66. The fraction of sp³-hybridized carbons (Fsp3) is 0.133. The van der Waals surface area contributed by atoms with Gasteiger partial charge < -0.3 is 10.6 Å². The number of nitro benzene ring substituents is 1. The molecular formula is C15H15N3O3. The zero-order valence-corrected chi connectivity index (χ0v) is 11.5. The van der Waals surface area contributed by atoms with Gasteiger partial charge in [-0.05, 0) is 24.3 Å². The molecule has 0 saturated heterocycles. The topological polar surface area (TPSA) is 89.5 Å². The van der Waals surface area contributed by atoms with Crippen LogP contribution in [0.1, 0.15) is 15.9 Å². The average Bonchev–Trinajstić information content (AvgIpc) is 2.48. The lowest BCUT2D eigenvalue weighted by Crippen LogP contribution is -2.18. The summed E-state index contributed by atoms with van der Waals surface area (Å²) in [5.74, 6) is -0.680. The highest BCUT2D eigenvalue weighted by Crippen LogP contribution is 2.23. The molecule has 0 aliphatic rings. The van der Waals surface area contributed by atoms with Crippen molar-refractivity contribution in [3.63, 3.8) is 0 Å². The van der Waals surface area contributed by atoms with Crippen LogP contribution in [0.15, 0.2) is 48.5 Å². The lowest BCUT2D eigenvalue weighted by Gasteiger charge is -2.19. The van der Waals surface area contributed by atoms with Crippen LogP contribution in [0.3, 0.4) is 0 Å². The Bertz CT molecular complexity index is 671. The van der Waals surface area contributed by atoms with E-state index in [0.717, 1.165) is 5.69 Å². The van der Waals surface area contributed by atoms with Crippen molar-refractivity contribution in [2.45, 2.75) is 6.54 Å². The lowest BCUT2D eigenvalue weighted by molar-refractivity contribution is -0.385. The maximum Gasteiger partial charge on any atom is 0.275 e. The molecule has 21 heavy (non-hydrogen) atoms. The monoisotopic (exact) mass is 285 g/mol. The number of benzene rings is 2. The third kappa shape index (κ3) is 3.36. The van der Waals surface area contributed by atoms with E-state index in [1.54, 1.807) is 6.07 Å². The highest BCUT2D eigenvalue weighted by Gasteiger charge is 2.17. The summed E-state index contributed by atoms with van der Waals surface area (Å²) in [6.07, 6.45) is 0. The number of primary amides is 1. The van der Waals surface area contributed by atoms with Gasteiger partial charge in [0.1, 0.15) is 0 Å². The Morgan fingerprint density at radius 3 is 2.48 bits per heavy atom. The molecule has 0 radical (unpaired) electrons. The maximum atomic E-state index is 11.1. The molecule has 0 aromatic heterocycles. The zero-order valence-electron chi connectivity index (χ0n) is 11.5. The van der Waals surface area contributed by atoms with Crippen molar-refractivity contribution in [3.8, 4) is 0 Å². The quantitative estimate of drug-likeness (QED) is 0.674. The van der Waals surface area contributed by atoms with Crippen molar-refractivity contribution in [2.24, 2.45) is 5.73 Å². The minimum Gasteiger partial charge on any atom is -0.370 e. The second kappa shape index (κ2) is 6.04. The smallest absolute Gasteiger partial charge is 0.275 e. The van der Waals surface area contributed by atoms with Gasteiger partial charge in [-0.25, -0.2) is 0 Å². The third-order valence-corrected chi connectivity index (χ3v) is 3.17. The van der Waals surface area contributed by atoms with Crippen LogP contribution in [-0.4, -0.2) is 17.9 Å². The largest absolute Gasteiger partial charge is 0.370 e. The number of nitro groups is 1. The van der Waals surface area contributed by atoms with Crippen molar-refractivity contribution in [1.82, 2.24) is 0 Å². The number of para-hydroxylation sites is 1. The van der Waals surface area contributed by atoms with Crippen molar-refractivity contribution in [1.29, 1.82) is 0 Å². The van der Waals surface area contributed by atoms with Crippen LogP contribution in [0.5, 0.6) is 0 Å². The molecule has 2 aromatic rings. The second-order valence-corrected chi connectivity index (χ2v) is 4.66. The van der Waals surface area contributed by atoms with E-state index in [4.69, 9.17) is 5.73 Å². The molecule has 0 bridgehead atoms. The Hall–Kier alpha value is -2.89. The number of carbonyl (C=O) groups excluding carboxylic acids is 1. The SMILES string of the molecule is CN(Cc1ccc(C(N)=O)cc1[N+](=O)[O-])c1ccccc1. The molecule has 0 aliphatic heterocycles. The number of rotatable bonds is 5. The summed E-state index contributed by atoms with van der Waals surface area (Å²) >= 11 is 0. The fourth-order valence-corrected chi connectivity index (χ4v) is 2.05. The van der Waals surface area contributed by atoms with Gasteiger partial charge in [0.25, 0.3) is 5.69 Å². The van der Waals surface area contributed by atoms with Crippen molar-refractivity contribution in [3.05, 3.63) is 69.8 Å². The van der Waals surface area contributed by atoms with Gasteiger partial charge in [-0.1, -0.05) is 18.2 Å². The highest BCUT2D eigenvalue weighted by molar-refractivity contribution is 5.93. The van der Waals surface area contributed by atoms with E-state index in [0.29, 0.717) is 12.1 Å². The van der Waals surface area contributed by atoms with E-state index in [1.165, 1.54) is 12.1 Å². The summed E-state index contributed by atoms with van der Waals surface area (Å²) in [6.45, 7) is 0.360. The molecule has 6 heteroatoms. The van der Waals surface area contributed by atoms with Gasteiger partial charge >= 0.3 is 0 Å². The first kappa shape index (κ1) is 14.5. The number of carbonyl (C=O) groups is 1. The average molecular weight is 285 g/mol. The van der Waals surface area contributed by atoms with Gasteiger partial charge in [0.2, 0.25) is 5.91 Å². The summed E-state index contributed by atoms with van der Waals surface area (Å²) in [4.78, 5) is 23.7. The minimum atomic E-state index is -0.680. The summed E-state index contributed by atoms with van der Waals surface area (Å²) in [6, 6.07) is 13.8. The molecule has 0 spiro atoms. The van der Waals surface area contributed by atoms with Crippen LogP contribution < -0.4 is 10.6 Å². The molecule has 2 rings (SSSR count). The van der Waals surface area contributed by atoms with Gasteiger partial charge in [-0.15, -0.1) is 0 Å². The van der Waals surface area contributed by atoms with Crippen LogP contribution >= 0.6 is 0 Å². The van der Waals surface area contributed by atoms with Crippen molar-refractivity contribution in [2.75, 3.05) is 11.9 Å². The first-order valence-electron chi connectivity index (χ1n) is 6.32. The van der Waals surface area contributed by atoms with Gasteiger partial charge in [0, 0.05) is 36.5 Å². The zero-order chi connectivity index (χ0) is 15.4. The van der Waals surface area contributed by atoms with E-state index < -0.39 is 10.8 Å². The molecule has 0 heterocycles. The molecule has 108 valence electrons. The van der Waals surface area contributed by atoms with Gasteiger partial charge in [-0.3, -0.25) is 14.9 Å². The molecule has 0 saturated carbocycles. The first-order valence-corrected chi connectivity index (χ1v) is 6.32. The van der Waals surface area contributed by atoms with Crippen LogP contribution in [0.2, 0.25) is 0 Å². The minimum absolute atomic E-state index is 0.103. The molecule has 6 nitrogen and oxygen atoms in total. The number of nitrogens with zero attached hydrogens (tertiary/aromatic N) is 2. The molecule has 2 N–H and O–H groups in total. The lowest BCUT2D eigenvalue weighted by atomic mass is 10.1. The fourth-order valence-electron chi connectivity index (χ4n) is 2.05. The van der Waals surface area contributed by atoms with E-state index in [1.807, 2.05) is 42.3 Å². The summed E-state index contributed by atoms with van der Waals surface area (Å²) in [5, 5.41) is 11.1. The summed E-state index contributed by atoms with van der Waals surface area (Å²) in [5.41, 5.74) is 6.66. The predicted molar refractivity (Wildman–Crippen MR) is 80.2 cm³/mol. The Morgan fingerprint density at radius 1 is 1.24 bits per heavy atom. The van der Waals surface area contributed by atoms with Crippen molar-refractivity contribution >= 4 is 17.3 Å². The molecule has 0 aliphatic carbocycles. The highest BCUT2D eigenvalue weighted by atomic mass is 16.6. The van der Waals surface area contributed by atoms with Crippen LogP contribution in [0.4, 0.5) is 11.4 Å². The van der Waals surface area contributed by atoms with Gasteiger partial charge in [0.15, 0.2) is 0 Å². The van der Waals surface area contributed by atoms with Crippen LogP contribution in [-0.2, 0) is 6.54 Å². The standard InChI is InChI=1S/C15H15N3O3/c1-17(13-5-3-2-4-6-13)10-12-8-7-11(15(16)19)9-14(12)18(20)21/h2-9H,10H2,1H3,(H2,16,19). The van der Waals surface area contributed by atoms with Gasteiger partial charge in [0.05, 0.1) is 4.92 Å². The summed E-state index contributed by atoms with van der Waals surface area (Å²) < 4.78 is 0. The van der Waals surface area contributed by atoms with Crippen molar-refractivity contribution < 1.29 is 9.72 Å². The Kier molecular flexibility index (Phi) is 4.18. The maximum absolute atomic E-state index is 11.1. The van der Waals surface area contributed by atoms with E-state index in [2.05, 4.69) is 0 Å². The number of nitrogens with two attached hydrogens (primary N) is 1. The predicted octanol–water partition coefficient (Wildman–Crippen LogP) is 2.33. The van der Waals surface area contributed by atoms with Crippen LogP contribution in [0.25, 0.3) is 0 Å². The van der Waals surface area contributed by atoms with Gasteiger partial charge in [-0.2, -0.15) is 0 Å². The molecule has 2 aromatic carbocycles. The number of anilines is 1. The Balaban J connectivity index is 2.31. The third-order valence-electron chi connectivity index (χ3n) is 3.17. The van der Waals surface area contributed by atoms with E-state index >= 15 is 0 Å². The van der Waals surface area contributed by atoms with Crippen LogP contribution in [0, 0.1) is 10.1 Å². The number of hydrogen-bond acceptors (Lipinski definition) is 4. The molecule has 0 unspecified atom stereocenters.